The van der Waals surface area contributed by atoms with Crippen molar-refractivity contribution in [1.29, 1.82) is 0 Å². The van der Waals surface area contributed by atoms with E-state index in [-0.39, 0.29) is 0 Å². The van der Waals surface area contributed by atoms with Crippen molar-refractivity contribution in [2.45, 2.75) is 31.6 Å². The van der Waals surface area contributed by atoms with Gasteiger partial charge < -0.3 is 0 Å². The van der Waals surface area contributed by atoms with Crippen LogP contribution < -0.4 is 0 Å². The lowest BCUT2D eigenvalue weighted by Crippen LogP contribution is -2.14. The van der Waals surface area contributed by atoms with Crippen LogP contribution in [0.25, 0.3) is 5.65 Å². The highest BCUT2D eigenvalue weighted by Gasteiger charge is 2.58. The number of halogens is 1. The van der Waals surface area contributed by atoms with Crippen LogP contribution in [-0.4, -0.2) is 14.6 Å². The number of rotatable bonds is 1. The highest BCUT2D eigenvalue weighted by atomic mass is 35.5. The highest BCUT2D eigenvalue weighted by Crippen LogP contribution is 2.70. The lowest BCUT2D eigenvalue weighted by molar-refractivity contribution is 0.277. The maximum absolute atomic E-state index is 6.05. The van der Waals surface area contributed by atoms with Gasteiger partial charge in [-0.2, -0.15) is 5.10 Å². The summed E-state index contributed by atoms with van der Waals surface area (Å²) in [6.45, 7) is 0. The molecule has 82 valence electrons. The molecule has 2 saturated carbocycles. The van der Waals surface area contributed by atoms with Crippen molar-refractivity contribution in [3.05, 3.63) is 29.2 Å². The molecular formula is C12H12ClN3. The van der Waals surface area contributed by atoms with E-state index in [4.69, 9.17) is 11.6 Å². The first kappa shape index (κ1) is 8.99. The number of nitrogens with zero attached hydrogens (tertiary/aromatic N) is 3. The fourth-order valence-electron chi connectivity index (χ4n) is 3.14. The molecule has 2 aromatic rings. The zero-order valence-corrected chi connectivity index (χ0v) is 9.61. The predicted octanol–water partition coefficient (Wildman–Crippen LogP) is 3.04. The molecule has 16 heavy (non-hydrogen) atoms. The van der Waals surface area contributed by atoms with Gasteiger partial charge >= 0.3 is 0 Å². The average Bonchev–Trinajstić information content (AvgIpc) is 2.82. The van der Waals surface area contributed by atoms with Crippen molar-refractivity contribution < 1.29 is 0 Å². The van der Waals surface area contributed by atoms with Crippen LogP contribution in [0, 0.1) is 5.41 Å². The second-order valence-corrected chi connectivity index (χ2v) is 5.48. The van der Waals surface area contributed by atoms with Crippen molar-refractivity contribution in [2.75, 3.05) is 0 Å². The van der Waals surface area contributed by atoms with Gasteiger partial charge in [-0.15, -0.1) is 0 Å². The maximum Gasteiger partial charge on any atom is 0.157 e. The number of hydrogen-bond acceptors (Lipinski definition) is 2. The van der Waals surface area contributed by atoms with Crippen LogP contribution in [0.3, 0.4) is 0 Å². The highest BCUT2D eigenvalue weighted by molar-refractivity contribution is 6.29. The van der Waals surface area contributed by atoms with Crippen LogP contribution in [0.4, 0.5) is 0 Å². The molecular weight excluding hydrogens is 222 g/mol. The summed E-state index contributed by atoms with van der Waals surface area (Å²) < 4.78 is 1.79. The number of aromatic nitrogens is 3. The van der Waals surface area contributed by atoms with E-state index in [1.54, 1.807) is 10.7 Å². The Bertz CT molecular complexity index is 571. The molecule has 2 heterocycles. The molecule has 2 aromatic heterocycles. The SMILES string of the molecule is Clc1cc(C2CC23CCC3)c2nccn2n1. The molecule has 4 heteroatoms. The summed E-state index contributed by atoms with van der Waals surface area (Å²) in [7, 11) is 0. The lowest BCUT2D eigenvalue weighted by Gasteiger charge is -2.26. The molecule has 0 amide bonds. The normalized spacial score (nSPS) is 25.9. The molecule has 0 N–H and O–H groups in total. The minimum atomic E-state index is 0.571. The lowest BCUT2D eigenvalue weighted by atomic mass is 9.79. The Balaban J connectivity index is 1.87. The van der Waals surface area contributed by atoms with Gasteiger partial charge in [0.1, 0.15) is 5.15 Å². The van der Waals surface area contributed by atoms with Gasteiger partial charge in [0.15, 0.2) is 5.65 Å². The van der Waals surface area contributed by atoms with Crippen LogP contribution in [-0.2, 0) is 0 Å². The van der Waals surface area contributed by atoms with E-state index in [1.807, 2.05) is 12.3 Å². The molecule has 0 saturated heterocycles. The Morgan fingerprint density at radius 1 is 1.44 bits per heavy atom. The molecule has 1 spiro atoms. The number of imidazole rings is 1. The van der Waals surface area contributed by atoms with Crippen LogP contribution in [0.5, 0.6) is 0 Å². The topological polar surface area (TPSA) is 30.2 Å². The molecule has 2 aliphatic carbocycles. The van der Waals surface area contributed by atoms with Crippen molar-refractivity contribution in [1.82, 2.24) is 14.6 Å². The Labute approximate surface area is 98.4 Å². The molecule has 1 unspecified atom stereocenters. The number of hydrogen-bond donors (Lipinski definition) is 0. The number of fused-ring (bicyclic) bond motifs is 1. The van der Waals surface area contributed by atoms with Crippen molar-refractivity contribution in [3.63, 3.8) is 0 Å². The van der Waals surface area contributed by atoms with Gasteiger partial charge in [0.05, 0.1) is 0 Å². The summed E-state index contributed by atoms with van der Waals surface area (Å²) in [4.78, 5) is 4.39. The first-order valence-corrected chi connectivity index (χ1v) is 6.16. The van der Waals surface area contributed by atoms with Gasteiger partial charge in [-0.1, -0.05) is 18.0 Å². The van der Waals surface area contributed by atoms with Crippen LogP contribution in [0.15, 0.2) is 18.5 Å². The standard InChI is InChI=1S/C12H12ClN3/c13-10-6-8(9-7-12(9)2-1-3-12)11-14-4-5-16(11)15-10/h4-6,9H,1-3,7H2. The van der Waals surface area contributed by atoms with Gasteiger partial charge in [0, 0.05) is 18.0 Å². The Hall–Kier alpha value is -1.09. The van der Waals surface area contributed by atoms with E-state index in [0.29, 0.717) is 16.5 Å². The van der Waals surface area contributed by atoms with E-state index in [2.05, 4.69) is 10.1 Å². The molecule has 4 rings (SSSR count). The predicted molar refractivity (Wildman–Crippen MR) is 61.6 cm³/mol. The Kier molecular flexibility index (Phi) is 1.56. The molecule has 0 aliphatic heterocycles. The molecule has 0 aromatic carbocycles. The largest absolute Gasteiger partial charge is 0.235 e. The average molecular weight is 234 g/mol. The van der Waals surface area contributed by atoms with Crippen LogP contribution in [0.1, 0.15) is 37.2 Å². The van der Waals surface area contributed by atoms with Gasteiger partial charge in [-0.05, 0) is 36.7 Å². The first-order chi connectivity index (χ1) is 7.78. The summed E-state index contributed by atoms with van der Waals surface area (Å²) in [6, 6.07) is 2.00. The monoisotopic (exact) mass is 233 g/mol. The second kappa shape index (κ2) is 2.77. The second-order valence-electron chi connectivity index (χ2n) is 5.09. The van der Waals surface area contributed by atoms with Crippen LogP contribution in [0.2, 0.25) is 5.15 Å². The summed E-state index contributed by atoms with van der Waals surface area (Å²) in [5.41, 5.74) is 2.89. The minimum absolute atomic E-state index is 0.571. The van der Waals surface area contributed by atoms with Gasteiger partial charge in [-0.25, -0.2) is 9.50 Å². The molecule has 0 radical (unpaired) electrons. The van der Waals surface area contributed by atoms with Gasteiger partial charge in [0.25, 0.3) is 0 Å². The third-order valence-corrected chi connectivity index (χ3v) is 4.46. The van der Waals surface area contributed by atoms with Crippen LogP contribution >= 0.6 is 11.6 Å². The van der Waals surface area contributed by atoms with E-state index in [0.717, 1.165) is 5.65 Å². The molecule has 2 aliphatic rings. The van der Waals surface area contributed by atoms with E-state index in [1.165, 1.54) is 31.2 Å². The zero-order chi connectivity index (χ0) is 10.8. The Morgan fingerprint density at radius 3 is 3.00 bits per heavy atom. The van der Waals surface area contributed by atoms with E-state index >= 15 is 0 Å². The van der Waals surface area contributed by atoms with Crippen molar-refractivity contribution in [3.8, 4) is 0 Å². The Morgan fingerprint density at radius 2 is 2.31 bits per heavy atom. The van der Waals surface area contributed by atoms with E-state index < -0.39 is 0 Å². The van der Waals surface area contributed by atoms with Crippen molar-refractivity contribution >= 4 is 17.2 Å². The quantitative estimate of drug-likeness (QED) is 0.758. The summed E-state index contributed by atoms with van der Waals surface area (Å²) in [5, 5.41) is 4.79. The fraction of sp³-hybridized carbons (Fsp3) is 0.500. The molecule has 0 bridgehead atoms. The minimum Gasteiger partial charge on any atom is -0.235 e. The first-order valence-electron chi connectivity index (χ1n) is 5.78. The zero-order valence-electron chi connectivity index (χ0n) is 8.86. The van der Waals surface area contributed by atoms with Gasteiger partial charge in [-0.3, -0.25) is 0 Å². The van der Waals surface area contributed by atoms with Gasteiger partial charge in [0.2, 0.25) is 0 Å². The smallest absolute Gasteiger partial charge is 0.157 e. The third-order valence-electron chi connectivity index (χ3n) is 4.27. The maximum atomic E-state index is 6.05. The molecule has 1 atom stereocenters. The molecule has 3 nitrogen and oxygen atoms in total. The van der Waals surface area contributed by atoms with E-state index in [9.17, 15) is 0 Å². The summed E-state index contributed by atoms with van der Waals surface area (Å²) >= 11 is 6.05. The summed E-state index contributed by atoms with van der Waals surface area (Å²) in [5.74, 6) is 0.673. The van der Waals surface area contributed by atoms with Crippen molar-refractivity contribution in [2.24, 2.45) is 5.41 Å². The molecule has 2 fully saturated rings. The fourth-order valence-corrected chi connectivity index (χ4v) is 3.34. The summed E-state index contributed by atoms with van der Waals surface area (Å²) in [6.07, 6.45) is 9.11. The third kappa shape index (κ3) is 1.04.